The van der Waals surface area contributed by atoms with Crippen LogP contribution in [-0.2, 0) is 5.41 Å². The summed E-state index contributed by atoms with van der Waals surface area (Å²) in [7, 11) is 0. The smallest absolute Gasteiger partial charge is 0.0146 e. The first kappa shape index (κ1) is 11.4. The van der Waals surface area contributed by atoms with Crippen molar-refractivity contribution < 1.29 is 0 Å². The highest BCUT2D eigenvalue weighted by Gasteiger charge is 2.32. The lowest BCUT2D eigenvalue weighted by atomic mass is 9.78. The number of hydrogen-bond acceptors (Lipinski definition) is 1. The van der Waals surface area contributed by atoms with Crippen molar-refractivity contribution in [1.82, 2.24) is 5.32 Å². The van der Waals surface area contributed by atoms with Crippen molar-refractivity contribution in [1.29, 1.82) is 0 Å². The van der Waals surface area contributed by atoms with Gasteiger partial charge in [-0.05, 0) is 31.4 Å². The molecule has 0 bridgehead atoms. The summed E-state index contributed by atoms with van der Waals surface area (Å²) in [4.78, 5) is 0. The SMILES string of the molecule is CCCNCC1(c2ccccc2)CC=CC1. The van der Waals surface area contributed by atoms with Crippen LogP contribution in [0.5, 0.6) is 0 Å². The maximum Gasteiger partial charge on any atom is 0.0146 e. The Morgan fingerprint density at radius 2 is 1.81 bits per heavy atom. The molecule has 86 valence electrons. The molecule has 0 saturated carbocycles. The summed E-state index contributed by atoms with van der Waals surface area (Å²) >= 11 is 0. The highest BCUT2D eigenvalue weighted by atomic mass is 14.9. The third-order valence-electron chi connectivity index (χ3n) is 3.46. The van der Waals surface area contributed by atoms with Gasteiger partial charge in [0.25, 0.3) is 0 Å². The predicted molar refractivity (Wildman–Crippen MR) is 69.7 cm³/mol. The van der Waals surface area contributed by atoms with Crippen LogP contribution in [0.2, 0.25) is 0 Å². The van der Waals surface area contributed by atoms with Crippen LogP contribution >= 0.6 is 0 Å². The van der Waals surface area contributed by atoms with Crippen molar-refractivity contribution in [3.63, 3.8) is 0 Å². The van der Waals surface area contributed by atoms with E-state index in [0.29, 0.717) is 5.41 Å². The first-order valence-corrected chi connectivity index (χ1v) is 6.29. The van der Waals surface area contributed by atoms with Gasteiger partial charge in [0.15, 0.2) is 0 Å². The van der Waals surface area contributed by atoms with Gasteiger partial charge in [-0.2, -0.15) is 0 Å². The lowest BCUT2D eigenvalue weighted by Crippen LogP contribution is -2.36. The second-order valence-electron chi connectivity index (χ2n) is 4.70. The maximum absolute atomic E-state index is 3.58. The molecule has 0 heterocycles. The normalized spacial score (nSPS) is 17.8. The summed E-state index contributed by atoms with van der Waals surface area (Å²) in [5.41, 5.74) is 1.79. The Bertz CT molecular complexity index is 332. The van der Waals surface area contributed by atoms with Crippen molar-refractivity contribution >= 4 is 0 Å². The van der Waals surface area contributed by atoms with Gasteiger partial charge in [-0.25, -0.2) is 0 Å². The van der Waals surface area contributed by atoms with Gasteiger partial charge in [0.1, 0.15) is 0 Å². The summed E-state index contributed by atoms with van der Waals surface area (Å²) in [6, 6.07) is 10.9. The van der Waals surface area contributed by atoms with Gasteiger partial charge in [-0.15, -0.1) is 0 Å². The Kier molecular flexibility index (Phi) is 3.79. The zero-order valence-electron chi connectivity index (χ0n) is 10.1. The van der Waals surface area contributed by atoms with E-state index in [0.717, 1.165) is 13.1 Å². The molecule has 1 aromatic carbocycles. The van der Waals surface area contributed by atoms with Gasteiger partial charge in [0.05, 0.1) is 0 Å². The van der Waals surface area contributed by atoms with Crippen LogP contribution in [0, 0.1) is 0 Å². The van der Waals surface area contributed by atoms with E-state index < -0.39 is 0 Å². The summed E-state index contributed by atoms with van der Waals surface area (Å²) in [6.45, 7) is 4.43. The zero-order chi connectivity index (χ0) is 11.3. The van der Waals surface area contributed by atoms with Crippen LogP contribution in [0.25, 0.3) is 0 Å². The summed E-state index contributed by atoms with van der Waals surface area (Å²) in [5, 5.41) is 3.58. The molecular weight excluding hydrogens is 194 g/mol. The van der Waals surface area contributed by atoms with Crippen LogP contribution in [0.15, 0.2) is 42.5 Å². The van der Waals surface area contributed by atoms with E-state index in [1.807, 2.05) is 0 Å². The van der Waals surface area contributed by atoms with Crippen LogP contribution in [-0.4, -0.2) is 13.1 Å². The van der Waals surface area contributed by atoms with E-state index in [2.05, 4.69) is 54.7 Å². The van der Waals surface area contributed by atoms with Crippen molar-refractivity contribution in [2.45, 2.75) is 31.6 Å². The van der Waals surface area contributed by atoms with Gasteiger partial charge < -0.3 is 5.32 Å². The third-order valence-corrected chi connectivity index (χ3v) is 3.46. The van der Waals surface area contributed by atoms with Crippen molar-refractivity contribution in [2.24, 2.45) is 0 Å². The van der Waals surface area contributed by atoms with Crippen LogP contribution in [0.1, 0.15) is 31.7 Å². The Hall–Kier alpha value is -1.08. The maximum atomic E-state index is 3.58. The van der Waals surface area contributed by atoms with Gasteiger partial charge in [0, 0.05) is 12.0 Å². The van der Waals surface area contributed by atoms with Crippen molar-refractivity contribution in [3.05, 3.63) is 48.0 Å². The molecule has 0 unspecified atom stereocenters. The molecule has 1 aliphatic carbocycles. The largest absolute Gasteiger partial charge is 0.316 e. The van der Waals surface area contributed by atoms with Crippen molar-refractivity contribution in [3.8, 4) is 0 Å². The molecule has 2 rings (SSSR count). The molecule has 0 amide bonds. The van der Waals surface area contributed by atoms with Crippen LogP contribution in [0.3, 0.4) is 0 Å². The van der Waals surface area contributed by atoms with E-state index >= 15 is 0 Å². The van der Waals surface area contributed by atoms with Gasteiger partial charge in [-0.3, -0.25) is 0 Å². The highest BCUT2D eigenvalue weighted by molar-refractivity contribution is 5.30. The topological polar surface area (TPSA) is 12.0 Å². The minimum absolute atomic E-state index is 0.316. The molecule has 0 fully saturated rings. The van der Waals surface area contributed by atoms with E-state index in [4.69, 9.17) is 0 Å². The zero-order valence-corrected chi connectivity index (χ0v) is 10.1. The second kappa shape index (κ2) is 5.31. The summed E-state index contributed by atoms with van der Waals surface area (Å²) in [6.07, 6.45) is 8.20. The summed E-state index contributed by atoms with van der Waals surface area (Å²) in [5.74, 6) is 0. The number of hydrogen-bond donors (Lipinski definition) is 1. The molecule has 1 aliphatic rings. The predicted octanol–water partition coefficient (Wildman–Crippen LogP) is 3.27. The molecular formula is C15H21N. The Balaban J connectivity index is 2.10. The molecule has 0 spiro atoms. The molecule has 1 N–H and O–H groups in total. The fourth-order valence-electron chi connectivity index (χ4n) is 2.48. The quantitative estimate of drug-likeness (QED) is 0.587. The average molecular weight is 215 g/mol. The minimum Gasteiger partial charge on any atom is -0.316 e. The van der Waals surface area contributed by atoms with E-state index in [-0.39, 0.29) is 0 Å². The molecule has 1 heteroatoms. The number of allylic oxidation sites excluding steroid dienone is 2. The van der Waals surface area contributed by atoms with E-state index in [9.17, 15) is 0 Å². The summed E-state index contributed by atoms with van der Waals surface area (Å²) < 4.78 is 0. The van der Waals surface area contributed by atoms with E-state index in [1.165, 1.54) is 24.8 Å². The Morgan fingerprint density at radius 3 is 2.44 bits per heavy atom. The van der Waals surface area contributed by atoms with Crippen molar-refractivity contribution in [2.75, 3.05) is 13.1 Å². The number of benzene rings is 1. The third kappa shape index (κ3) is 2.35. The van der Waals surface area contributed by atoms with Crippen LogP contribution in [0.4, 0.5) is 0 Å². The molecule has 1 aromatic rings. The van der Waals surface area contributed by atoms with Gasteiger partial charge >= 0.3 is 0 Å². The van der Waals surface area contributed by atoms with Gasteiger partial charge in [0.2, 0.25) is 0 Å². The monoisotopic (exact) mass is 215 g/mol. The standard InChI is InChI=1S/C15H21N/c1-2-12-16-13-15(10-6-7-11-15)14-8-4-3-5-9-14/h3-9,16H,2,10-13H2,1H3. The molecule has 16 heavy (non-hydrogen) atoms. The molecule has 0 atom stereocenters. The molecule has 0 aromatic heterocycles. The number of rotatable bonds is 5. The number of nitrogens with one attached hydrogen (secondary N) is 1. The molecule has 1 nitrogen and oxygen atoms in total. The minimum atomic E-state index is 0.316. The first-order chi connectivity index (χ1) is 7.87. The lowest BCUT2D eigenvalue weighted by Gasteiger charge is -2.30. The van der Waals surface area contributed by atoms with E-state index in [1.54, 1.807) is 0 Å². The second-order valence-corrected chi connectivity index (χ2v) is 4.70. The van der Waals surface area contributed by atoms with Gasteiger partial charge in [-0.1, -0.05) is 49.4 Å². The Labute approximate surface area is 98.6 Å². The Morgan fingerprint density at radius 1 is 1.12 bits per heavy atom. The molecule has 0 saturated heterocycles. The first-order valence-electron chi connectivity index (χ1n) is 6.29. The molecule has 0 aliphatic heterocycles. The van der Waals surface area contributed by atoms with Crippen LogP contribution < -0.4 is 5.32 Å². The molecule has 0 radical (unpaired) electrons. The highest BCUT2D eigenvalue weighted by Crippen LogP contribution is 2.36. The average Bonchev–Trinajstić information content (AvgIpc) is 2.81. The fraction of sp³-hybridized carbons (Fsp3) is 0.467. The lowest BCUT2D eigenvalue weighted by molar-refractivity contribution is 0.419. The fourth-order valence-corrected chi connectivity index (χ4v) is 2.48.